The zero-order chi connectivity index (χ0) is 14.9. The number of aromatic nitrogens is 1. The molecular weight excluding hydrogens is 330 g/mol. The highest BCUT2D eigenvalue weighted by atomic mass is 79.9. The van der Waals surface area contributed by atoms with Crippen LogP contribution in [0.1, 0.15) is 5.56 Å². The number of carbonyl (C=O) groups is 1. The van der Waals surface area contributed by atoms with Crippen molar-refractivity contribution in [2.75, 3.05) is 0 Å². The molecule has 0 fully saturated rings. The molecule has 4 nitrogen and oxygen atoms in total. The van der Waals surface area contributed by atoms with E-state index in [1.807, 2.05) is 67.0 Å². The minimum Gasteiger partial charge on any atom is -0.266 e. The summed E-state index contributed by atoms with van der Waals surface area (Å²) in [4.78, 5) is 11.7. The van der Waals surface area contributed by atoms with Crippen LogP contribution in [0.5, 0.6) is 0 Å². The van der Waals surface area contributed by atoms with Gasteiger partial charge in [-0.05, 0) is 27.6 Å². The lowest BCUT2D eigenvalue weighted by Gasteiger charge is -1.96. The molecule has 0 saturated heterocycles. The number of hydrogen-bond acceptors (Lipinski definition) is 2. The Kier molecular flexibility index (Phi) is 5.84. The Hall–Kier alpha value is -2.27. The van der Waals surface area contributed by atoms with Crippen molar-refractivity contribution in [1.29, 1.82) is 0 Å². The SMILES string of the molecule is O=C(C[n+]1ccccc1)NN=C/C(Br)=C\c1ccccc1. The van der Waals surface area contributed by atoms with E-state index in [4.69, 9.17) is 0 Å². The summed E-state index contributed by atoms with van der Waals surface area (Å²) < 4.78 is 2.56. The number of rotatable bonds is 5. The molecule has 0 aliphatic carbocycles. The van der Waals surface area contributed by atoms with E-state index in [2.05, 4.69) is 26.5 Å². The van der Waals surface area contributed by atoms with Crippen LogP contribution >= 0.6 is 15.9 Å². The van der Waals surface area contributed by atoms with E-state index in [1.165, 1.54) is 0 Å². The summed E-state index contributed by atoms with van der Waals surface area (Å²) in [6, 6.07) is 15.5. The van der Waals surface area contributed by atoms with Gasteiger partial charge in [-0.1, -0.05) is 36.4 Å². The number of nitrogens with one attached hydrogen (secondary N) is 1. The van der Waals surface area contributed by atoms with Gasteiger partial charge in [-0.15, -0.1) is 0 Å². The first-order valence-electron chi connectivity index (χ1n) is 6.42. The van der Waals surface area contributed by atoms with Crippen LogP contribution in [0.25, 0.3) is 6.08 Å². The van der Waals surface area contributed by atoms with Crippen LogP contribution in [-0.2, 0) is 11.3 Å². The Balaban J connectivity index is 1.84. The molecule has 2 rings (SSSR count). The molecule has 0 radical (unpaired) electrons. The van der Waals surface area contributed by atoms with Crippen LogP contribution in [0, 0.1) is 0 Å². The third-order valence-electron chi connectivity index (χ3n) is 2.58. The summed E-state index contributed by atoms with van der Waals surface area (Å²) >= 11 is 3.39. The fourth-order valence-electron chi connectivity index (χ4n) is 1.65. The Morgan fingerprint density at radius 2 is 1.81 bits per heavy atom. The predicted octanol–water partition coefficient (Wildman–Crippen LogP) is 2.51. The summed E-state index contributed by atoms with van der Waals surface area (Å²) in [5.41, 5.74) is 3.54. The van der Waals surface area contributed by atoms with Crippen molar-refractivity contribution in [3.05, 3.63) is 71.0 Å². The molecule has 0 aliphatic rings. The second-order valence-electron chi connectivity index (χ2n) is 4.28. The van der Waals surface area contributed by atoms with E-state index in [-0.39, 0.29) is 12.5 Å². The lowest BCUT2D eigenvalue weighted by atomic mass is 10.2. The number of carbonyl (C=O) groups excluding carboxylic acids is 1. The maximum Gasteiger partial charge on any atom is 0.305 e. The third kappa shape index (κ3) is 5.71. The second kappa shape index (κ2) is 8.11. The number of amides is 1. The van der Waals surface area contributed by atoms with E-state index in [0.29, 0.717) is 0 Å². The van der Waals surface area contributed by atoms with Crippen LogP contribution in [0.15, 0.2) is 70.5 Å². The van der Waals surface area contributed by atoms with Crippen molar-refractivity contribution in [3.8, 4) is 0 Å². The van der Waals surface area contributed by atoms with Crippen LogP contribution in [0.2, 0.25) is 0 Å². The molecule has 0 atom stereocenters. The Labute approximate surface area is 131 Å². The summed E-state index contributed by atoms with van der Waals surface area (Å²) in [6.45, 7) is 0.234. The number of halogens is 1. The van der Waals surface area contributed by atoms with Gasteiger partial charge < -0.3 is 0 Å². The summed E-state index contributed by atoms with van der Waals surface area (Å²) in [6.07, 6.45) is 7.13. The van der Waals surface area contributed by atoms with Gasteiger partial charge in [0.25, 0.3) is 0 Å². The molecule has 5 heteroatoms. The maximum absolute atomic E-state index is 11.7. The number of benzene rings is 1. The number of hydrazone groups is 1. The Morgan fingerprint density at radius 3 is 2.52 bits per heavy atom. The van der Waals surface area contributed by atoms with Crippen LogP contribution < -0.4 is 9.99 Å². The fourth-order valence-corrected chi connectivity index (χ4v) is 2.02. The lowest BCUT2D eigenvalue weighted by Crippen LogP contribution is -2.40. The summed E-state index contributed by atoms with van der Waals surface area (Å²) in [7, 11) is 0. The zero-order valence-corrected chi connectivity index (χ0v) is 12.9. The van der Waals surface area contributed by atoms with Gasteiger partial charge in [0.1, 0.15) is 0 Å². The quantitative estimate of drug-likeness (QED) is 0.505. The molecule has 0 aliphatic heterocycles. The first-order chi connectivity index (χ1) is 10.2. The monoisotopic (exact) mass is 344 g/mol. The molecule has 0 saturated carbocycles. The minimum atomic E-state index is -0.178. The summed E-state index contributed by atoms with van der Waals surface area (Å²) in [5, 5.41) is 3.91. The first-order valence-corrected chi connectivity index (χ1v) is 7.21. The fraction of sp³-hybridized carbons (Fsp3) is 0.0625. The van der Waals surface area contributed by atoms with Crippen LogP contribution in [0.4, 0.5) is 0 Å². The molecule has 21 heavy (non-hydrogen) atoms. The molecule has 0 bridgehead atoms. The highest BCUT2D eigenvalue weighted by Crippen LogP contribution is 2.09. The van der Waals surface area contributed by atoms with Gasteiger partial charge in [-0.25, -0.2) is 5.43 Å². The standard InChI is InChI=1S/C16H14BrN3O/c17-15(11-14-7-3-1-4-8-14)12-18-19-16(21)13-20-9-5-2-6-10-20/h1-12H,13H2/p+1/b15-11+,18-12?. The van der Waals surface area contributed by atoms with Gasteiger partial charge in [0.05, 0.1) is 6.21 Å². The van der Waals surface area contributed by atoms with Crippen molar-refractivity contribution < 1.29 is 9.36 Å². The molecular formula is C16H15BrN3O+. The van der Waals surface area contributed by atoms with Gasteiger partial charge in [0.15, 0.2) is 12.4 Å². The van der Waals surface area contributed by atoms with Crippen molar-refractivity contribution in [2.45, 2.75) is 6.54 Å². The Bertz CT molecular complexity index is 639. The molecule has 1 aromatic heterocycles. The van der Waals surface area contributed by atoms with Crippen LogP contribution in [-0.4, -0.2) is 12.1 Å². The first kappa shape index (κ1) is 15.1. The molecule has 2 aromatic rings. The average molecular weight is 345 g/mol. The van der Waals surface area contributed by atoms with Crippen molar-refractivity contribution in [3.63, 3.8) is 0 Å². The van der Waals surface area contributed by atoms with E-state index in [1.54, 1.807) is 10.8 Å². The zero-order valence-electron chi connectivity index (χ0n) is 11.3. The van der Waals surface area contributed by atoms with Gasteiger partial charge in [0, 0.05) is 16.6 Å². The van der Waals surface area contributed by atoms with Gasteiger partial charge in [-0.3, -0.25) is 4.79 Å². The van der Waals surface area contributed by atoms with Gasteiger partial charge in [-0.2, -0.15) is 9.67 Å². The second-order valence-corrected chi connectivity index (χ2v) is 5.20. The largest absolute Gasteiger partial charge is 0.305 e. The number of hydrogen-bond donors (Lipinski definition) is 1. The van der Waals surface area contributed by atoms with Crippen molar-refractivity contribution >= 4 is 34.1 Å². The van der Waals surface area contributed by atoms with Crippen LogP contribution in [0.3, 0.4) is 0 Å². The molecule has 1 aromatic carbocycles. The average Bonchev–Trinajstić information content (AvgIpc) is 2.49. The number of nitrogens with zero attached hydrogens (tertiary/aromatic N) is 2. The number of pyridine rings is 1. The third-order valence-corrected chi connectivity index (χ3v) is 3.02. The van der Waals surface area contributed by atoms with Gasteiger partial charge >= 0.3 is 5.91 Å². The topological polar surface area (TPSA) is 45.3 Å². The molecule has 106 valence electrons. The highest BCUT2D eigenvalue weighted by molar-refractivity contribution is 9.12. The smallest absolute Gasteiger partial charge is 0.266 e. The molecule has 1 heterocycles. The number of allylic oxidation sites excluding steroid dienone is 1. The molecule has 1 amide bonds. The van der Waals surface area contributed by atoms with E-state index < -0.39 is 0 Å². The highest BCUT2D eigenvalue weighted by Gasteiger charge is 2.06. The van der Waals surface area contributed by atoms with Crippen molar-refractivity contribution in [1.82, 2.24) is 5.43 Å². The van der Waals surface area contributed by atoms with E-state index in [9.17, 15) is 4.79 Å². The maximum atomic E-state index is 11.7. The molecule has 0 spiro atoms. The molecule has 1 N–H and O–H groups in total. The van der Waals surface area contributed by atoms with Crippen molar-refractivity contribution in [2.24, 2.45) is 5.10 Å². The van der Waals surface area contributed by atoms with E-state index in [0.717, 1.165) is 10.0 Å². The lowest BCUT2D eigenvalue weighted by molar-refractivity contribution is -0.684. The van der Waals surface area contributed by atoms with E-state index >= 15 is 0 Å². The summed E-state index contributed by atoms with van der Waals surface area (Å²) in [5.74, 6) is -0.178. The molecule has 0 unspecified atom stereocenters. The minimum absolute atomic E-state index is 0.178. The normalized spacial score (nSPS) is 11.6. The predicted molar refractivity (Wildman–Crippen MR) is 86.6 cm³/mol. The Morgan fingerprint density at radius 1 is 1.14 bits per heavy atom. The van der Waals surface area contributed by atoms with Gasteiger partial charge in [0.2, 0.25) is 6.54 Å².